The van der Waals surface area contributed by atoms with Gasteiger partial charge in [-0.25, -0.2) is 0 Å². The van der Waals surface area contributed by atoms with Gasteiger partial charge in [-0.2, -0.15) is 0 Å². The van der Waals surface area contributed by atoms with Gasteiger partial charge in [0.25, 0.3) is 11.8 Å². The van der Waals surface area contributed by atoms with E-state index in [9.17, 15) is 9.59 Å². The quantitative estimate of drug-likeness (QED) is 0.653. The number of aryl methyl sites for hydroxylation is 2. The highest BCUT2D eigenvalue weighted by molar-refractivity contribution is 6.04. The summed E-state index contributed by atoms with van der Waals surface area (Å²) in [5.41, 5.74) is 3.65. The van der Waals surface area contributed by atoms with Crippen molar-refractivity contribution < 1.29 is 14.3 Å². The Bertz CT molecular complexity index is 894. The van der Waals surface area contributed by atoms with Gasteiger partial charge in [0.05, 0.1) is 11.3 Å². The van der Waals surface area contributed by atoms with Crippen LogP contribution < -0.4 is 15.4 Å². The second kappa shape index (κ2) is 10.3. The number of carbonyl (C=O) groups excluding carboxylic acids is 2. The lowest BCUT2D eigenvalue weighted by atomic mass is 9.92. The van der Waals surface area contributed by atoms with Gasteiger partial charge < -0.3 is 15.4 Å². The molecule has 0 saturated carbocycles. The average molecular weight is 409 g/mol. The third kappa shape index (κ3) is 5.41. The third-order valence-corrected chi connectivity index (χ3v) is 5.68. The van der Waals surface area contributed by atoms with Crippen LogP contribution in [-0.2, 0) is 17.6 Å². The molecule has 30 heavy (non-hydrogen) atoms. The van der Waals surface area contributed by atoms with E-state index in [1.807, 2.05) is 26.8 Å². The van der Waals surface area contributed by atoms with Crippen LogP contribution in [0.25, 0.3) is 0 Å². The van der Waals surface area contributed by atoms with Crippen molar-refractivity contribution >= 4 is 17.5 Å². The van der Waals surface area contributed by atoms with Crippen LogP contribution >= 0.6 is 0 Å². The molecule has 3 rings (SSSR count). The number of fused-ring (bicyclic) bond motifs is 1. The van der Waals surface area contributed by atoms with E-state index in [0.717, 1.165) is 25.0 Å². The number of para-hydroxylation sites is 1. The first-order valence-corrected chi connectivity index (χ1v) is 11.0. The Morgan fingerprint density at radius 2 is 1.73 bits per heavy atom. The topological polar surface area (TPSA) is 67.4 Å². The summed E-state index contributed by atoms with van der Waals surface area (Å²) in [6.45, 7) is 5.89. The summed E-state index contributed by atoms with van der Waals surface area (Å²) in [4.78, 5) is 25.5. The zero-order chi connectivity index (χ0) is 21.5. The van der Waals surface area contributed by atoms with Crippen molar-refractivity contribution in [1.82, 2.24) is 5.32 Å². The molecule has 0 spiro atoms. The minimum Gasteiger partial charge on any atom is -0.481 e. The molecule has 0 unspecified atom stereocenters. The van der Waals surface area contributed by atoms with Gasteiger partial charge in [0.2, 0.25) is 0 Å². The summed E-state index contributed by atoms with van der Waals surface area (Å²) in [5.74, 6) is 0.281. The van der Waals surface area contributed by atoms with E-state index < -0.39 is 6.10 Å². The number of nitrogens with one attached hydrogen (secondary N) is 2. The number of hydrogen-bond donors (Lipinski definition) is 2. The van der Waals surface area contributed by atoms with Crippen LogP contribution in [0.5, 0.6) is 5.75 Å². The molecule has 2 amide bonds. The van der Waals surface area contributed by atoms with Crippen molar-refractivity contribution in [3.05, 3.63) is 59.2 Å². The molecule has 1 aliphatic carbocycles. The number of hydrogen-bond acceptors (Lipinski definition) is 3. The summed E-state index contributed by atoms with van der Waals surface area (Å²) in [7, 11) is 0. The van der Waals surface area contributed by atoms with Crippen molar-refractivity contribution in [2.24, 2.45) is 0 Å². The maximum absolute atomic E-state index is 12.9. The Morgan fingerprint density at radius 3 is 2.47 bits per heavy atom. The summed E-state index contributed by atoms with van der Waals surface area (Å²) in [6, 6.07) is 13.3. The smallest absolute Gasteiger partial charge is 0.265 e. The average Bonchev–Trinajstić information content (AvgIpc) is 2.77. The van der Waals surface area contributed by atoms with Crippen LogP contribution in [0.15, 0.2) is 42.5 Å². The van der Waals surface area contributed by atoms with Gasteiger partial charge in [0.1, 0.15) is 5.75 Å². The number of carbonyl (C=O) groups is 2. The Hall–Kier alpha value is -2.82. The standard InChI is InChI=1S/C25H32N2O3/c1-4-17(3)26-24(28)21-12-8-9-13-22(21)27-25(29)23(5-2)30-20-15-14-18-10-6-7-11-19(18)16-20/h8-9,12-17,23H,4-7,10-11H2,1-3H3,(H,26,28)(H,27,29)/t17-,23-/m0/s1. The molecule has 0 radical (unpaired) electrons. The number of anilines is 1. The highest BCUT2D eigenvalue weighted by Crippen LogP contribution is 2.26. The number of amides is 2. The fourth-order valence-electron chi connectivity index (χ4n) is 3.68. The van der Waals surface area contributed by atoms with Crippen LogP contribution in [0.4, 0.5) is 5.69 Å². The lowest BCUT2D eigenvalue weighted by Crippen LogP contribution is -2.35. The first kappa shape index (κ1) is 21.9. The largest absolute Gasteiger partial charge is 0.481 e. The van der Waals surface area contributed by atoms with Gasteiger partial charge in [-0.3, -0.25) is 9.59 Å². The molecule has 0 saturated heterocycles. The molecule has 2 atom stereocenters. The molecular weight excluding hydrogens is 376 g/mol. The van der Waals surface area contributed by atoms with Crippen LogP contribution in [0.3, 0.4) is 0 Å². The Labute approximate surface area is 179 Å². The van der Waals surface area contributed by atoms with Crippen LogP contribution in [0, 0.1) is 0 Å². The maximum atomic E-state index is 12.9. The molecular formula is C25H32N2O3. The fourth-order valence-corrected chi connectivity index (χ4v) is 3.68. The van der Waals surface area contributed by atoms with E-state index in [2.05, 4.69) is 22.8 Å². The second-order valence-corrected chi connectivity index (χ2v) is 7.97. The molecule has 5 heteroatoms. The Balaban J connectivity index is 1.71. The molecule has 5 nitrogen and oxygen atoms in total. The lowest BCUT2D eigenvalue weighted by Gasteiger charge is -2.21. The molecule has 2 aromatic carbocycles. The van der Waals surface area contributed by atoms with E-state index in [1.54, 1.807) is 24.3 Å². The SMILES string of the molecule is CC[C@H](Oc1ccc2c(c1)CCCC2)C(=O)Nc1ccccc1C(=O)N[C@@H](C)CC. The van der Waals surface area contributed by atoms with Gasteiger partial charge in [-0.05, 0) is 80.8 Å². The first-order valence-electron chi connectivity index (χ1n) is 11.0. The van der Waals surface area contributed by atoms with Gasteiger partial charge in [0.15, 0.2) is 6.10 Å². The zero-order valence-corrected chi connectivity index (χ0v) is 18.2. The second-order valence-electron chi connectivity index (χ2n) is 7.97. The molecule has 2 aromatic rings. The van der Waals surface area contributed by atoms with Crippen LogP contribution in [-0.4, -0.2) is 24.0 Å². The number of benzene rings is 2. The van der Waals surface area contributed by atoms with E-state index in [1.165, 1.54) is 24.0 Å². The van der Waals surface area contributed by atoms with Gasteiger partial charge in [0, 0.05) is 6.04 Å². The van der Waals surface area contributed by atoms with Crippen LogP contribution in [0.1, 0.15) is 67.9 Å². The van der Waals surface area contributed by atoms with Gasteiger partial charge in [-0.15, -0.1) is 0 Å². The van der Waals surface area contributed by atoms with Crippen molar-refractivity contribution in [3.63, 3.8) is 0 Å². The minimum atomic E-state index is -0.627. The molecule has 0 aliphatic heterocycles. The molecule has 0 fully saturated rings. The zero-order valence-electron chi connectivity index (χ0n) is 18.2. The van der Waals surface area contributed by atoms with Crippen LogP contribution in [0.2, 0.25) is 0 Å². The number of ether oxygens (including phenoxy) is 1. The van der Waals surface area contributed by atoms with Gasteiger partial charge >= 0.3 is 0 Å². The van der Waals surface area contributed by atoms with E-state index in [-0.39, 0.29) is 17.9 Å². The Morgan fingerprint density at radius 1 is 1.00 bits per heavy atom. The molecule has 0 heterocycles. The lowest BCUT2D eigenvalue weighted by molar-refractivity contribution is -0.122. The molecule has 0 bridgehead atoms. The van der Waals surface area contributed by atoms with Crippen molar-refractivity contribution in [2.75, 3.05) is 5.32 Å². The van der Waals surface area contributed by atoms with Crippen molar-refractivity contribution in [2.45, 2.75) is 71.4 Å². The van der Waals surface area contributed by atoms with E-state index in [4.69, 9.17) is 4.74 Å². The summed E-state index contributed by atoms with van der Waals surface area (Å²) in [6.07, 6.45) is 5.35. The summed E-state index contributed by atoms with van der Waals surface area (Å²) in [5, 5.41) is 5.84. The van der Waals surface area contributed by atoms with Gasteiger partial charge in [-0.1, -0.05) is 32.0 Å². The summed E-state index contributed by atoms with van der Waals surface area (Å²) >= 11 is 0. The predicted octanol–water partition coefficient (Wildman–Crippen LogP) is 4.89. The van der Waals surface area contributed by atoms with E-state index >= 15 is 0 Å². The third-order valence-electron chi connectivity index (χ3n) is 5.68. The molecule has 2 N–H and O–H groups in total. The predicted molar refractivity (Wildman–Crippen MR) is 120 cm³/mol. The Kier molecular flexibility index (Phi) is 7.50. The van der Waals surface area contributed by atoms with Crippen molar-refractivity contribution in [3.8, 4) is 5.75 Å². The molecule has 1 aliphatic rings. The molecule has 0 aromatic heterocycles. The van der Waals surface area contributed by atoms with E-state index in [0.29, 0.717) is 17.7 Å². The first-order chi connectivity index (χ1) is 14.5. The molecule has 160 valence electrons. The fraction of sp³-hybridized carbons (Fsp3) is 0.440. The normalized spacial score (nSPS) is 14.9. The maximum Gasteiger partial charge on any atom is 0.265 e. The highest BCUT2D eigenvalue weighted by atomic mass is 16.5. The minimum absolute atomic E-state index is 0.0667. The highest BCUT2D eigenvalue weighted by Gasteiger charge is 2.22. The monoisotopic (exact) mass is 408 g/mol. The number of rotatable bonds is 8. The van der Waals surface area contributed by atoms with Crippen molar-refractivity contribution in [1.29, 1.82) is 0 Å². The summed E-state index contributed by atoms with van der Waals surface area (Å²) < 4.78 is 6.03.